The third-order valence-corrected chi connectivity index (χ3v) is 18.2. The van der Waals surface area contributed by atoms with Crippen LogP contribution < -0.4 is 45.4 Å². The van der Waals surface area contributed by atoms with Crippen molar-refractivity contribution in [1.82, 2.24) is 10.6 Å². The predicted octanol–water partition coefficient (Wildman–Crippen LogP) is 11.9. The second-order valence-electron chi connectivity index (χ2n) is 20.8. The van der Waals surface area contributed by atoms with E-state index in [2.05, 4.69) is 26.6 Å². The summed E-state index contributed by atoms with van der Waals surface area (Å²) in [6.07, 6.45) is 0.774. The third-order valence-electron chi connectivity index (χ3n) is 14.7. The normalized spacial score (nSPS) is 11.9. The van der Waals surface area contributed by atoms with Gasteiger partial charge in [-0.1, -0.05) is 177 Å². The van der Waals surface area contributed by atoms with Gasteiger partial charge in [0.1, 0.15) is 0 Å². The smallest absolute Gasteiger partial charge is 0.870 e. The number of carbonyl (C=O) groups excluding carboxylic acids is 7. The summed E-state index contributed by atoms with van der Waals surface area (Å²) in [5.41, 5.74) is 6.73. The van der Waals surface area contributed by atoms with Crippen LogP contribution in [0, 0.1) is 0 Å². The number of hydrogen-bond donors (Lipinski definition) is 7. The van der Waals surface area contributed by atoms with Crippen molar-refractivity contribution in [3.05, 3.63) is 268 Å². The summed E-state index contributed by atoms with van der Waals surface area (Å²) in [6, 6.07) is 64.6. The minimum absolute atomic E-state index is 0. The van der Waals surface area contributed by atoms with E-state index in [0.717, 1.165) is 46.9 Å². The molecule has 538 valence electrons. The zero-order chi connectivity index (χ0) is 68.7. The van der Waals surface area contributed by atoms with E-state index in [1.165, 1.54) is 61.6 Å². The summed E-state index contributed by atoms with van der Waals surface area (Å²) in [5.74, 6) is -5.58. The summed E-state index contributed by atoms with van der Waals surface area (Å²) < 4.78 is 9.61. The van der Waals surface area contributed by atoms with Crippen molar-refractivity contribution in [2.75, 3.05) is 48.6 Å². The Bertz CT molecular complexity index is 4330. The first-order valence-electron chi connectivity index (χ1n) is 29.6. The van der Waals surface area contributed by atoms with Crippen molar-refractivity contribution >= 4 is 169 Å². The average molecular weight is 1550 g/mol. The Kier molecular flexibility index (Phi) is 41.4. The number of esters is 2. The number of amides is 5. The van der Waals surface area contributed by atoms with Gasteiger partial charge in [0.15, 0.2) is 0 Å². The van der Waals surface area contributed by atoms with Gasteiger partial charge in [0.2, 0.25) is 0 Å². The van der Waals surface area contributed by atoms with Crippen molar-refractivity contribution in [3.63, 3.8) is 0 Å². The Balaban J connectivity index is 0.000000689. The Morgan fingerprint density at radius 2 is 0.718 bits per heavy atom. The van der Waals surface area contributed by atoms with Crippen LogP contribution >= 0.6 is 99.0 Å². The van der Waals surface area contributed by atoms with Gasteiger partial charge in [-0.25, -0.2) is 4.79 Å². The number of carboxylic acids is 2. The van der Waals surface area contributed by atoms with Gasteiger partial charge in [-0.3, -0.25) is 38.4 Å². The molecule has 3 aliphatic heterocycles. The molecule has 29 heteroatoms. The molecular formula is C74H76Cl2LiN5O15S6. The molecule has 20 nitrogen and oxygen atoms in total. The van der Waals surface area contributed by atoms with Gasteiger partial charge in [0, 0.05) is 53.6 Å². The van der Waals surface area contributed by atoms with Gasteiger partial charge < -0.3 is 57.2 Å². The van der Waals surface area contributed by atoms with Gasteiger partial charge in [-0.05, 0) is 114 Å². The summed E-state index contributed by atoms with van der Waals surface area (Å²) in [5, 5.41) is 32.7. The standard InChI is InChI=1S/C24H20N2O4S.C23H18N2O4S.C14H9NO3S.C11H14O2.CH2Cl2.CH4.Li.2H2O.3H2S/c1-30-24(29)18(15-7-3-2-4-8-15)14-25-22(27)16-11-12-21-19(13-16)26-23(28)17-9-5-6-10-20(17)31-21;26-21(24-13-17(23(28)29)14-6-2-1-3-7-14)15-10-11-20-18(12-15)25-22(27)16-8-4-5-9-19(16)30-20;16-13-9-3-1-2-4-11(9)19-12-6-5-8(14(17)18)7-10(12)15-13;1-3-10(11(12)13-2)9-7-5-4-6-8-9;2-1-3;;;;;;;/h2-13,18H,14H2,1H3,(H,25,27)(H,26,28);1-12,17H,13H2,(H,24,26)(H,25,27)(H,28,29);1-7H,(H,15,16)(H,17,18);4-8,10H,3H2,1-2H3;1H2;1H4;;5*1H2/q;;;;;;+1;;;;;/p-1/t18-;17-;;10-;;;;;;;;/m11.1......../s1. The number of rotatable bonds is 14. The van der Waals surface area contributed by atoms with E-state index in [1.54, 1.807) is 97.1 Å². The van der Waals surface area contributed by atoms with Crippen molar-refractivity contribution in [1.29, 1.82) is 0 Å². The molecule has 0 unspecified atom stereocenters. The number of alkyl halides is 2. The monoisotopic (exact) mass is 1540 g/mol. The number of aliphatic carboxylic acids is 1. The molecule has 9 aromatic rings. The van der Waals surface area contributed by atoms with E-state index in [9.17, 15) is 48.3 Å². The van der Waals surface area contributed by atoms with Crippen LogP contribution in [-0.2, 0) is 23.9 Å². The summed E-state index contributed by atoms with van der Waals surface area (Å²) >= 11 is 13.9. The number of methoxy groups -OCH3 is 2. The minimum Gasteiger partial charge on any atom is -0.870 e. The first-order chi connectivity index (χ1) is 46.4. The SMILES string of the molecule is C.CC[C@@H](C(=O)OC)c1ccccc1.COC(=O)[C@H](CNC(=O)c1ccc2c(c1)NC(=O)c1ccccc1S2)c1ccccc1.ClCCl.O.O=C(NC[C@@H](C(=O)O)c1ccccc1)c1ccc2c(c1)NC(=O)c1ccccc1S2.O=C(O)c1ccc2c(c1)NC(=O)c1ccccc1S2.S.S.S.[Li+].[OH-]. The maximum absolute atomic E-state index is 12.8. The molecule has 3 aliphatic rings. The molecule has 0 fully saturated rings. The van der Waals surface area contributed by atoms with Crippen LogP contribution in [0.2, 0.25) is 0 Å². The molecule has 3 atom stereocenters. The number of carbonyl (C=O) groups is 9. The molecule has 0 saturated heterocycles. The second kappa shape index (κ2) is 46.2. The third kappa shape index (κ3) is 25.4. The molecule has 0 spiro atoms. The number of ether oxygens (including phenoxy) is 2. The summed E-state index contributed by atoms with van der Waals surface area (Å²) in [7, 11) is 2.75. The quantitative estimate of drug-likeness (QED) is 0.0302. The number of anilines is 3. The Hall–Kier alpha value is -8.59. The molecule has 0 bridgehead atoms. The minimum atomic E-state index is -1.01. The fourth-order valence-electron chi connectivity index (χ4n) is 9.88. The number of fused-ring (bicyclic) bond motifs is 6. The van der Waals surface area contributed by atoms with Crippen molar-refractivity contribution < 1.29 is 92.7 Å². The maximum atomic E-state index is 12.8. The molecule has 5 amide bonds. The molecule has 3 heterocycles. The number of benzene rings is 9. The fourth-order valence-corrected chi connectivity index (χ4v) is 12.9. The van der Waals surface area contributed by atoms with E-state index in [1.807, 2.05) is 116 Å². The largest absolute Gasteiger partial charge is 1.00 e. The zero-order valence-corrected chi connectivity index (χ0v) is 62.1. The van der Waals surface area contributed by atoms with Crippen molar-refractivity contribution in [3.8, 4) is 0 Å². The van der Waals surface area contributed by atoms with Crippen LogP contribution in [0.25, 0.3) is 0 Å². The maximum Gasteiger partial charge on any atom is 1.00 e. The predicted molar refractivity (Wildman–Crippen MR) is 416 cm³/mol. The number of aromatic carboxylic acids is 1. The van der Waals surface area contributed by atoms with E-state index in [4.69, 9.17) is 37.8 Å². The van der Waals surface area contributed by atoms with Gasteiger partial charge in [-0.15, -0.1) is 23.2 Å². The van der Waals surface area contributed by atoms with Gasteiger partial charge in [-0.2, -0.15) is 40.5 Å². The van der Waals surface area contributed by atoms with Crippen LogP contribution in [-0.4, -0.2) is 107 Å². The topological polar surface area (TPSA) is 334 Å². The molecule has 103 heavy (non-hydrogen) atoms. The van der Waals surface area contributed by atoms with E-state index < -0.39 is 35.7 Å². The van der Waals surface area contributed by atoms with Crippen molar-refractivity contribution in [2.24, 2.45) is 0 Å². The summed E-state index contributed by atoms with van der Waals surface area (Å²) in [6.45, 7) is 2.04. The van der Waals surface area contributed by atoms with Gasteiger partial charge in [0.05, 0.1) is 76.6 Å². The molecule has 0 radical (unpaired) electrons. The van der Waals surface area contributed by atoms with Crippen LogP contribution in [0.3, 0.4) is 0 Å². The first-order valence-corrected chi connectivity index (χ1v) is 33.1. The first kappa shape index (κ1) is 92.4. The van der Waals surface area contributed by atoms with E-state index in [-0.39, 0.29) is 137 Å². The number of hydrogen-bond acceptors (Lipinski definition) is 15. The molecule has 9 aromatic carbocycles. The van der Waals surface area contributed by atoms with Gasteiger partial charge in [0.25, 0.3) is 29.5 Å². The molecule has 0 saturated carbocycles. The molecule has 0 aromatic heterocycles. The number of nitrogens with one attached hydrogen (secondary N) is 5. The van der Waals surface area contributed by atoms with Crippen molar-refractivity contribution in [2.45, 2.75) is 67.9 Å². The Morgan fingerprint density at radius 1 is 0.437 bits per heavy atom. The van der Waals surface area contributed by atoms with Crippen LogP contribution in [0.4, 0.5) is 17.1 Å². The Morgan fingerprint density at radius 3 is 1.04 bits per heavy atom. The van der Waals surface area contributed by atoms with Gasteiger partial charge >= 0.3 is 42.7 Å². The molecule has 0 aliphatic carbocycles. The zero-order valence-electron chi connectivity index (χ0n) is 55.2. The molecular weight excluding hydrogens is 1470 g/mol. The number of halogens is 2. The van der Waals surface area contributed by atoms with E-state index in [0.29, 0.717) is 50.4 Å². The van der Waals surface area contributed by atoms with E-state index >= 15 is 0 Å². The summed E-state index contributed by atoms with van der Waals surface area (Å²) in [4.78, 5) is 114. The van der Waals surface area contributed by atoms with Crippen LogP contribution in [0.15, 0.2) is 248 Å². The Labute approximate surface area is 652 Å². The average Bonchev–Trinajstić information content (AvgIpc) is 1.69. The molecule has 10 N–H and O–H groups in total. The van der Waals surface area contributed by atoms with Crippen LogP contribution in [0.5, 0.6) is 0 Å². The fraction of sp³-hybridized carbons (Fsp3) is 0.149. The van der Waals surface area contributed by atoms with Crippen LogP contribution in [0.1, 0.15) is 117 Å². The number of carboxylic acid groups (broad SMARTS) is 2. The second-order valence-corrected chi connectivity index (χ2v) is 24.9. The molecule has 12 rings (SSSR count).